The predicted molar refractivity (Wildman–Crippen MR) is 124 cm³/mol. The van der Waals surface area contributed by atoms with Gasteiger partial charge in [0.15, 0.2) is 0 Å². The molecule has 0 atom stereocenters. The summed E-state index contributed by atoms with van der Waals surface area (Å²) in [5, 5.41) is 7.84. The Balaban J connectivity index is 1.41. The number of nitrogens with zero attached hydrogens (tertiary/aromatic N) is 3. The van der Waals surface area contributed by atoms with Gasteiger partial charge in [0.2, 0.25) is 5.91 Å². The van der Waals surface area contributed by atoms with Crippen molar-refractivity contribution in [3.8, 4) is 22.7 Å². The third-order valence-corrected chi connectivity index (χ3v) is 5.61. The standard InChI is InChI=1S/C25H30N4O3/c1-31-23-10-8-22(9-11-23)29-24(20-5-3-2-4-6-20)19-21(27-29)7-12-25(30)26-13-14-28-15-17-32-18-16-28/h2-6,8-11,19H,7,12-18H2,1H3,(H,26,30). The van der Waals surface area contributed by atoms with E-state index >= 15 is 0 Å². The number of aryl methyl sites for hydroxylation is 1. The van der Waals surface area contributed by atoms with Gasteiger partial charge in [-0.1, -0.05) is 30.3 Å². The molecule has 32 heavy (non-hydrogen) atoms. The molecule has 168 valence electrons. The van der Waals surface area contributed by atoms with Crippen LogP contribution in [-0.4, -0.2) is 67.1 Å². The fraction of sp³-hybridized carbons (Fsp3) is 0.360. The van der Waals surface area contributed by atoms with Crippen LogP contribution < -0.4 is 10.1 Å². The summed E-state index contributed by atoms with van der Waals surface area (Å²) in [5.74, 6) is 0.856. The monoisotopic (exact) mass is 434 g/mol. The van der Waals surface area contributed by atoms with E-state index in [4.69, 9.17) is 14.6 Å². The average Bonchev–Trinajstić information content (AvgIpc) is 3.28. The Hall–Kier alpha value is -3.16. The lowest BCUT2D eigenvalue weighted by Gasteiger charge is -2.26. The SMILES string of the molecule is COc1ccc(-n2nc(CCC(=O)NCCN3CCOCC3)cc2-c2ccccc2)cc1. The Kier molecular flexibility index (Phi) is 7.53. The Morgan fingerprint density at radius 3 is 2.56 bits per heavy atom. The molecule has 2 aromatic carbocycles. The number of ether oxygens (including phenoxy) is 2. The topological polar surface area (TPSA) is 68.6 Å². The number of rotatable bonds is 9. The third kappa shape index (κ3) is 5.75. The Bertz CT molecular complexity index is 996. The lowest BCUT2D eigenvalue weighted by atomic mass is 10.1. The maximum atomic E-state index is 12.4. The predicted octanol–water partition coefficient (Wildman–Crippen LogP) is 2.93. The molecule has 0 aliphatic carbocycles. The minimum absolute atomic E-state index is 0.0542. The molecule has 1 amide bonds. The average molecular weight is 435 g/mol. The summed E-state index contributed by atoms with van der Waals surface area (Å²) in [6.45, 7) is 4.93. The molecule has 3 aromatic rings. The van der Waals surface area contributed by atoms with Crippen molar-refractivity contribution in [3.63, 3.8) is 0 Å². The van der Waals surface area contributed by atoms with E-state index < -0.39 is 0 Å². The van der Waals surface area contributed by atoms with Gasteiger partial charge in [-0.3, -0.25) is 9.69 Å². The first-order valence-corrected chi connectivity index (χ1v) is 11.1. The van der Waals surface area contributed by atoms with Gasteiger partial charge in [0.1, 0.15) is 5.75 Å². The van der Waals surface area contributed by atoms with E-state index in [-0.39, 0.29) is 5.91 Å². The second-order valence-electron chi connectivity index (χ2n) is 7.80. The largest absolute Gasteiger partial charge is 0.497 e. The van der Waals surface area contributed by atoms with E-state index in [2.05, 4.69) is 28.4 Å². The summed E-state index contributed by atoms with van der Waals surface area (Å²) in [7, 11) is 1.66. The van der Waals surface area contributed by atoms with Crippen molar-refractivity contribution in [3.05, 3.63) is 66.4 Å². The van der Waals surface area contributed by atoms with Gasteiger partial charge in [0.25, 0.3) is 0 Å². The van der Waals surface area contributed by atoms with Crippen molar-refractivity contribution in [2.24, 2.45) is 0 Å². The highest BCUT2D eigenvalue weighted by Crippen LogP contribution is 2.25. The Morgan fingerprint density at radius 1 is 1.09 bits per heavy atom. The zero-order chi connectivity index (χ0) is 22.2. The molecule has 1 aromatic heterocycles. The summed E-state index contributed by atoms with van der Waals surface area (Å²) in [5.41, 5.74) is 3.92. The number of hydrogen-bond acceptors (Lipinski definition) is 5. The van der Waals surface area contributed by atoms with Gasteiger partial charge < -0.3 is 14.8 Å². The first-order valence-electron chi connectivity index (χ1n) is 11.1. The summed E-state index contributed by atoms with van der Waals surface area (Å²) >= 11 is 0. The van der Waals surface area contributed by atoms with Gasteiger partial charge in [-0.25, -0.2) is 4.68 Å². The van der Waals surface area contributed by atoms with Gasteiger partial charge in [-0.2, -0.15) is 5.10 Å². The number of aromatic nitrogens is 2. The fourth-order valence-corrected chi connectivity index (χ4v) is 3.80. The maximum absolute atomic E-state index is 12.4. The molecule has 0 radical (unpaired) electrons. The van der Waals surface area contributed by atoms with Gasteiger partial charge in [0.05, 0.1) is 37.4 Å². The van der Waals surface area contributed by atoms with E-state index in [0.717, 1.165) is 61.2 Å². The molecule has 1 aliphatic rings. The van der Waals surface area contributed by atoms with Crippen LogP contribution in [0.5, 0.6) is 5.75 Å². The first kappa shape index (κ1) is 22.0. The quantitative estimate of drug-likeness (QED) is 0.561. The molecule has 7 heteroatoms. The van der Waals surface area contributed by atoms with E-state index in [0.29, 0.717) is 19.4 Å². The van der Waals surface area contributed by atoms with Gasteiger partial charge in [-0.15, -0.1) is 0 Å². The highest BCUT2D eigenvalue weighted by atomic mass is 16.5. The summed E-state index contributed by atoms with van der Waals surface area (Å²) in [6.07, 6.45) is 1.00. The number of methoxy groups -OCH3 is 1. The summed E-state index contributed by atoms with van der Waals surface area (Å²) in [4.78, 5) is 14.7. The van der Waals surface area contributed by atoms with Crippen molar-refractivity contribution in [2.75, 3.05) is 46.5 Å². The van der Waals surface area contributed by atoms with Crippen molar-refractivity contribution in [1.29, 1.82) is 0 Å². The molecule has 7 nitrogen and oxygen atoms in total. The van der Waals surface area contributed by atoms with Crippen LogP contribution in [0.4, 0.5) is 0 Å². The highest BCUT2D eigenvalue weighted by Gasteiger charge is 2.14. The van der Waals surface area contributed by atoms with Crippen LogP contribution in [0.2, 0.25) is 0 Å². The molecule has 4 rings (SSSR count). The zero-order valence-electron chi connectivity index (χ0n) is 18.5. The van der Waals surface area contributed by atoms with Gasteiger partial charge >= 0.3 is 0 Å². The van der Waals surface area contributed by atoms with Gasteiger partial charge in [-0.05, 0) is 30.3 Å². The molecule has 0 unspecified atom stereocenters. The van der Waals surface area contributed by atoms with E-state index in [9.17, 15) is 4.79 Å². The Labute approximate surface area is 188 Å². The fourth-order valence-electron chi connectivity index (χ4n) is 3.80. The van der Waals surface area contributed by atoms with Gasteiger partial charge in [0, 0.05) is 44.6 Å². The molecule has 1 N–H and O–H groups in total. The Morgan fingerprint density at radius 2 is 1.84 bits per heavy atom. The molecule has 0 bridgehead atoms. The van der Waals surface area contributed by atoms with Crippen LogP contribution in [0.25, 0.3) is 16.9 Å². The number of carbonyl (C=O) groups excluding carboxylic acids is 1. The van der Waals surface area contributed by atoms with Crippen LogP contribution in [0.15, 0.2) is 60.7 Å². The van der Waals surface area contributed by atoms with E-state index in [1.54, 1.807) is 7.11 Å². The maximum Gasteiger partial charge on any atom is 0.220 e. The smallest absolute Gasteiger partial charge is 0.220 e. The van der Waals surface area contributed by atoms with E-state index in [1.165, 1.54) is 0 Å². The second-order valence-corrected chi connectivity index (χ2v) is 7.80. The van der Waals surface area contributed by atoms with Crippen LogP contribution in [-0.2, 0) is 16.0 Å². The van der Waals surface area contributed by atoms with Crippen LogP contribution in [0, 0.1) is 0 Å². The summed E-state index contributed by atoms with van der Waals surface area (Å²) in [6, 6.07) is 20.1. The third-order valence-electron chi connectivity index (χ3n) is 5.61. The second kappa shape index (κ2) is 10.9. The molecule has 1 fully saturated rings. The van der Waals surface area contributed by atoms with Crippen molar-refractivity contribution < 1.29 is 14.3 Å². The number of hydrogen-bond donors (Lipinski definition) is 1. The number of morpholine rings is 1. The molecular formula is C25H30N4O3. The van der Waals surface area contributed by atoms with E-state index in [1.807, 2.05) is 47.1 Å². The highest BCUT2D eigenvalue weighted by molar-refractivity contribution is 5.76. The molecule has 1 saturated heterocycles. The minimum atomic E-state index is 0.0542. The lowest BCUT2D eigenvalue weighted by molar-refractivity contribution is -0.121. The van der Waals surface area contributed by atoms with Crippen molar-refractivity contribution in [1.82, 2.24) is 20.0 Å². The normalized spacial score (nSPS) is 14.3. The number of nitrogens with one attached hydrogen (secondary N) is 1. The van der Waals surface area contributed by atoms with Crippen LogP contribution in [0.3, 0.4) is 0 Å². The molecule has 0 saturated carbocycles. The number of amides is 1. The van der Waals surface area contributed by atoms with Crippen molar-refractivity contribution >= 4 is 5.91 Å². The summed E-state index contributed by atoms with van der Waals surface area (Å²) < 4.78 is 12.6. The number of carbonyl (C=O) groups is 1. The molecular weight excluding hydrogens is 404 g/mol. The minimum Gasteiger partial charge on any atom is -0.497 e. The first-order chi connectivity index (χ1) is 15.7. The zero-order valence-corrected chi connectivity index (χ0v) is 18.5. The molecule has 0 spiro atoms. The lowest BCUT2D eigenvalue weighted by Crippen LogP contribution is -2.41. The van der Waals surface area contributed by atoms with Crippen LogP contribution >= 0.6 is 0 Å². The number of benzene rings is 2. The molecule has 1 aliphatic heterocycles. The van der Waals surface area contributed by atoms with Crippen LogP contribution in [0.1, 0.15) is 12.1 Å². The molecule has 2 heterocycles. The van der Waals surface area contributed by atoms with Crippen molar-refractivity contribution in [2.45, 2.75) is 12.8 Å².